The molecule has 13 heteroatoms. The Morgan fingerprint density at radius 3 is 2.50 bits per heavy atom. The lowest BCUT2D eigenvalue weighted by Crippen LogP contribution is -2.42. The molecule has 0 aliphatic heterocycles. The van der Waals surface area contributed by atoms with Crippen LogP contribution in [-0.4, -0.2) is 56.3 Å². The molecule has 0 aromatic carbocycles. The highest BCUT2D eigenvalue weighted by Crippen LogP contribution is 2.39. The quantitative estimate of drug-likeness (QED) is 0.394. The third kappa shape index (κ3) is 4.90. The summed E-state index contributed by atoms with van der Waals surface area (Å²) in [7, 11) is 0. The smallest absolute Gasteiger partial charge is 0.396 e. The first-order chi connectivity index (χ1) is 16.0. The molecule has 0 radical (unpaired) electrons. The second kappa shape index (κ2) is 9.17. The highest BCUT2D eigenvalue weighted by atomic mass is 32.1. The van der Waals surface area contributed by atoms with Crippen molar-refractivity contribution in [1.29, 1.82) is 0 Å². The summed E-state index contributed by atoms with van der Waals surface area (Å²) in [5.74, 6) is -4.86. The van der Waals surface area contributed by atoms with Crippen molar-refractivity contribution in [3.8, 4) is 10.6 Å². The van der Waals surface area contributed by atoms with Gasteiger partial charge in [-0.1, -0.05) is 0 Å². The van der Waals surface area contributed by atoms with Gasteiger partial charge in [0.1, 0.15) is 16.3 Å². The lowest BCUT2D eigenvalue weighted by Gasteiger charge is -2.21. The number of pyridine rings is 1. The van der Waals surface area contributed by atoms with Crippen LogP contribution in [0.2, 0.25) is 0 Å². The zero-order valence-corrected chi connectivity index (χ0v) is 19.2. The summed E-state index contributed by atoms with van der Waals surface area (Å²) < 4.78 is 65.5. The highest BCUT2D eigenvalue weighted by molar-refractivity contribution is 7.21. The summed E-state index contributed by atoms with van der Waals surface area (Å²) in [5, 5.41) is 15.3. The van der Waals surface area contributed by atoms with Gasteiger partial charge in [-0.25, -0.2) is 9.97 Å². The number of aromatic nitrogens is 4. The van der Waals surface area contributed by atoms with E-state index in [2.05, 4.69) is 25.3 Å². The van der Waals surface area contributed by atoms with Crippen LogP contribution in [0.5, 0.6) is 0 Å². The molecule has 0 spiro atoms. The topological polar surface area (TPSA) is 95.9 Å². The maximum absolute atomic E-state index is 13.4. The van der Waals surface area contributed by atoms with Gasteiger partial charge in [-0.05, 0) is 45.1 Å². The lowest BCUT2D eigenvalue weighted by atomic mass is 10.1. The van der Waals surface area contributed by atoms with Gasteiger partial charge >= 0.3 is 12.1 Å². The van der Waals surface area contributed by atoms with Crippen molar-refractivity contribution in [2.45, 2.75) is 51.3 Å². The second-order valence-electron chi connectivity index (χ2n) is 8.38. The van der Waals surface area contributed by atoms with Crippen molar-refractivity contribution in [2.24, 2.45) is 5.92 Å². The number of hydrogen-bond donors (Lipinski definition) is 3. The fourth-order valence-electron chi connectivity index (χ4n) is 3.96. The van der Waals surface area contributed by atoms with Crippen LogP contribution >= 0.6 is 11.3 Å². The van der Waals surface area contributed by atoms with Crippen LogP contribution in [-0.2, 0) is 0 Å². The van der Waals surface area contributed by atoms with Gasteiger partial charge in [0.2, 0.25) is 5.95 Å². The Morgan fingerprint density at radius 1 is 1.09 bits per heavy atom. The van der Waals surface area contributed by atoms with Gasteiger partial charge in [0.05, 0.1) is 28.2 Å². The van der Waals surface area contributed by atoms with Crippen LogP contribution < -0.4 is 10.6 Å². The van der Waals surface area contributed by atoms with Crippen molar-refractivity contribution in [3.63, 3.8) is 0 Å². The first-order valence-electron chi connectivity index (χ1n) is 10.7. The maximum Gasteiger partial charge on any atom is 0.455 e. The molecule has 0 amide bonds. The Hall–Kier alpha value is -2.67. The molecule has 3 aromatic rings. The Balaban J connectivity index is 1.71. The maximum atomic E-state index is 13.4. The van der Waals surface area contributed by atoms with Crippen LogP contribution in [0.15, 0.2) is 12.3 Å². The Kier molecular flexibility index (Phi) is 6.60. The summed E-state index contributed by atoms with van der Waals surface area (Å²) in [6.07, 6.45) is -1.78. The number of hydrogen-bond acceptors (Lipinski definition) is 8. The van der Waals surface area contributed by atoms with E-state index in [0.29, 0.717) is 34.0 Å². The minimum Gasteiger partial charge on any atom is -0.396 e. The molecule has 34 heavy (non-hydrogen) atoms. The normalized spacial score (nSPS) is 19.1. The van der Waals surface area contributed by atoms with Crippen LogP contribution in [0.4, 0.5) is 33.7 Å². The molecule has 3 aromatic heterocycles. The summed E-state index contributed by atoms with van der Waals surface area (Å²) in [5.41, 5.74) is 2.36. The number of aryl methyl sites for hydroxylation is 2. The summed E-state index contributed by atoms with van der Waals surface area (Å²) in [6, 6.07) is 1.78. The molecule has 4 rings (SSSR count). The molecule has 0 saturated heterocycles. The molecule has 0 bridgehead atoms. The van der Waals surface area contributed by atoms with Crippen molar-refractivity contribution >= 4 is 33.3 Å². The van der Waals surface area contributed by atoms with E-state index in [1.807, 2.05) is 18.3 Å². The van der Waals surface area contributed by atoms with E-state index in [4.69, 9.17) is 0 Å². The van der Waals surface area contributed by atoms with Gasteiger partial charge in [0.25, 0.3) is 0 Å². The van der Waals surface area contributed by atoms with Gasteiger partial charge in [0.15, 0.2) is 0 Å². The molecule has 3 N–H and O–H groups in total. The van der Waals surface area contributed by atoms with Gasteiger partial charge in [-0.3, -0.25) is 4.98 Å². The Bertz CT molecular complexity index is 1180. The molecule has 1 aliphatic carbocycles. The first-order valence-corrected chi connectivity index (χ1v) is 11.5. The number of nitrogens with zero attached hydrogens (tertiary/aromatic N) is 4. The fourth-order valence-corrected chi connectivity index (χ4v) is 5.07. The molecule has 1 fully saturated rings. The van der Waals surface area contributed by atoms with Crippen LogP contribution in [0, 0.1) is 19.8 Å². The molecule has 184 valence electrons. The minimum absolute atomic E-state index is 0.0487. The number of aliphatic hydroxyl groups is 1. The second-order valence-corrected chi connectivity index (χ2v) is 9.41. The average molecular weight is 503 g/mol. The number of aliphatic hydroxyl groups excluding tert-OH is 1. The Morgan fingerprint density at radius 2 is 1.85 bits per heavy atom. The van der Waals surface area contributed by atoms with Gasteiger partial charge < -0.3 is 15.7 Å². The van der Waals surface area contributed by atoms with E-state index in [1.54, 1.807) is 13.1 Å². The average Bonchev–Trinajstić information content (AvgIpc) is 3.39. The third-order valence-corrected chi connectivity index (χ3v) is 6.86. The molecule has 3 heterocycles. The van der Waals surface area contributed by atoms with Crippen molar-refractivity contribution in [3.05, 3.63) is 23.7 Å². The largest absolute Gasteiger partial charge is 0.455 e. The number of alkyl halides is 5. The van der Waals surface area contributed by atoms with E-state index in [0.717, 1.165) is 23.2 Å². The molecule has 0 unspecified atom stereocenters. The monoisotopic (exact) mass is 502 g/mol. The molecule has 2 atom stereocenters. The molecule has 1 aliphatic rings. The predicted octanol–water partition coefficient (Wildman–Crippen LogP) is 4.95. The highest BCUT2D eigenvalue weighted by Gasteiger charge is 2.57. The zero-order valence-electron chi connectivity index (χ0n) is 18.4. The first kappa shape index (κ1) is 24.5. The van der Waals surface area contributed by atoms with Crippen molar-refractivity contribution in [2.75, 3.05) is 23.8 Å². The van der Waals surface area contributed by atoms with Crippen LogP contribution in [0.25, 0.3) is 20.8 Å². The SMILES string of the molecule is Cc1nc(NCC(F)(F)C(F)(F)F)nc(N[C@H]2CC[C@@H](CO)C2)c1-c1nc2c(C)nccc2s1. The number of fused-ring (bicyclic) bond motifs is 1. The number of nitrogens with one attached hydrogen (secondary N) is 2. The summed E-state index contributed by atoms with van der Waals surface area (Å²) in [6.45, 7) is 1.82. The van der Waals surface area contributed by atoms with E-state index < -0.39 is 18.6 Å². The summed E-state index contributed by atoms with van der Waals surface area (Å²) in [4.78, 5) is 17.3. The summed E-state index contributed by atoms with van der Waals surface area (Å²) >= 11 is 1.38. The van der Waals surface area contributed by atoms with E-state index in [1.165, 1.54) is 11.3 Å². The van der Waals surface area contributed by atoms with Crippen molar-refractivity contribution in [1.82, 2.24) is 19.9 Å². The predicted molar refractivity (Wildman–Crippen MR) is 119 cm³/mol. The standard InChI is InChI=1S/C21H23F5N6OS/c1-10-15(18-31-16-11(2)27-6-5-14(16)34-18)17(30-13-4-3-12(7-13)8-33)32-19(29-10)28-9-20(22,23)21(24,25)26/h5-6,12-13,33H,3-4,7-9H2,1-2H3,(H2,28,29,30,32)/t12-,13+/m1/s1. The van der Waals surface area contributed by atoms with Crippen molar-refractivity contribution < 1.29 is 27.1 Å². The van der Waals surface area contributed by atoms with Crippen LogP contribution in [0.3, 0.4) is 0 Å². The molecule has 1 saturated carbocycles. The number of thiazole rings is 1. The number of rotatable bonds is 7. The fraction of sp³-hybridized carbons (Fsp3) is 0.524. The lowest BCUT2D eigenvalue weighted by molar-refractivity contribution is -0.275. The van der Waals surface area contributed by atoms with Gasteiger partial charge in [-0.2, -0.15) is 26.9 Å². The number of anilines is 2. The van der Waals surface area contributed by atoms with E-state index >= 15 is 0 Å². The van der Waals surface area contributed by atoms with E-state index in [-0.39, 0.29) is 24.5 Å². The molecular formula is C21H23F5N6OS. The molecule has 7 nitrogen and oxygen atoms in total. The van der Waals surface area contributed by atoms with Crippen LogP contribution in [0.1, 0.15) is 30.7 Å². The van der Waals surface area contributed by atoms with E-state index in [9.17, 15) is 27.1 Å². The van der Waals surface area contributed by atoms with Gasteiger partial charge in [-0.15, -0.1) is 11.3 Å². The zero-order chi connectivity index (χ0) is 24.7. The molecular weight excluding hydrogens is 479 g/mol. The van der Waals surface area contributed by atoms with Gasteiger partial charge in [0, 0.05) is 18.8 Å². The minimum atomic E-state index is -5.69. The third-order valence-electron chi connectivity index (χ3n) is 5.82. The Labute approximate surface area is 195 Å². The number of halogens is 5.